The van der Waals surface area contributed by atoms with Crippen LogP contribution >= 0.6 is 0 Å². The zero-order chi connectivity index (χ0) is 21.6. The SMILES string of the molecule is CC1(C)CC(NC(=O)OCC[N+](C)(C)CCS(=O)(=O)O)CC(C)(CN=C=O)C1. The van der Waals surface area contributed by atoms with Crippen LogP contribution in [0.4, 0.5) is 4.79 Å². The molecule has 0 aliphatic heterocycles. The van der Waals surface area contributed by atoms with E-state index >= 15 is 0 Å². The number of hydrogen-bond acceptors (Lipinski definition) is 6. The van der Waals surface area contributed by atoms with E-state index in [4.69, 9.17) is 9.29 Å². The molecule has 0 bridgehead atoms. The molecule has 28 heavy (non-hydrogen) atoms. The van der Waals surface area contributed by atoms with Gasteiger partial charge in [0, 0.05) is 6.04 Å². The number of likely N-dealkylation sites (N-methyl/N-ethyl adjacent to an activating group) is 1. The Balaban J connectivity index is 2.52. The van der Waals surface area contributed by atoms with Gasteiger partial charge in [-0.2, -0.15) is 8.42 Å². The van der Waals surface area contributed by atoms with E-state index in [9.17, 15) is 18.0 Å². The third-order valence-corrected chi connectivity index (χ3v) is 5.87. The number of isocyanates is 1. The maximum absolute atomic E-state index is 12.2. The van der Waals surface area contributed by atoms with Crippen LogP contribution < -0.4 is 5.32 Å². The lowest BCUT2D eigenvalue weighted by molar-refractivity contribution is -0.888. The maximum Gasteiger partial charge on any atom is 0.407 e. The van der Waals surface area contributed by atoms with Gasteiger partial charge in [0.25, 0.3) is 10.1 Å². The first-order chi connectivity index (χ1) is 12.7. The van der Waals surface area contributed by atoms with Gasteiger partial charge in [-0.05, 0) is 30.1 Å². The van der Waals surface area contributed by atoms with Crippen molar-refractivity contribution in [3.05, 3.63) is 0 Å². The first-order valence-corrected chi connectivity index (χ1v) is 11.0. The van der Waals surface area contributed by atoms with Gasteiger partial charge in [0.1, 0.15) is 18.9 Å². The molecule has 0 aromatic heterocycles. The van der Waals surface area contributed by atoms with E-state index in [1.165, 1.54) is 0 Å². The first kappa shape index (κ1) is 24.6. The molecule has 2 N–H and O–H groups in total. The second kappa shape index (κ2) is 9.35. The summed E-state index contributed by atoms with van der Waals surface area (Å²) < 4.78 is 36.2. The monoisotopic (exact) mass is 420 g/mol. The van der Waals surface area contributed by atoms with Gasteiger partial charge in [-0.25, -0.2) is 14.6 Å². The van der Waals surface area contributed by atoms with Crippen LogP contribution in [0.1, 0.15) is 40.0 Å². The fourth-order valence-electron chi connectivity index (χ4n) is 4.15. The number of hydrogen-bond donors (Lipinski definition) is 2. The van der Waals surface area contributed by atoms with Crippen molar-refractivity contribution in [1.82, 2.24) is 5.32 Å². The Kier molecular flexibility index (Phi) is 8.20. The molecule has 1 aliphatic rings. The van der Waals surface area contributed by atoms with Crippen molar-refractivity contribution in [3.63, 3.8) is 0 Å². The number of nitrogens with zero attached hydrogens (tertiary/aromatic N) is 2. The van der Waals surface area contributed by atoms with E-state index < -0.39 is 16.2 Å². The molecule has 9 nitrogen and oxygen atoms in total. The zero-order valence-electron chi connectivity index (χ0n) is 17.5. The molecule has 1 saturated carbocycles. The van der Waals surface area contributed by atoms with Crippen LogP contribution in [-0.4, -0.2) is 81.8 Å². The molecular formula is C18H34N3O6S+. The fourth-order valence-corrected chi connectivity index (χ4v) is 4.87. The molecular weight excluding hydrogens is 386 g/mol. The van der Waals surface area contributed by atoms with Gasteiger partial charge < -0.3 is 14.5 Å². The second-order valence-corrected chi connectivity index (χ2v) is 11.2. The average molecular weight is 421 g/mol. The van der Waals surface area contributed by atoms with Gasteiger partial charge in [-0.1, -0.05) is 20.8 Å². The van der Waals surface area contributed by atoms with Gasteiger partial charge in [-0.15, -0.1) is 0 Å². The second-order valence-electron chi connectivity index (χ2n) is 9.61. The molecule has 0 radical (unpaired) electrons. The van der Waals surface area contributed by atoms with Crippen LogP contribution in [-0.2, 0) is 19.6 Å². The topological polar surface area (TPSA) is 122 Å². The van der Waals surface area contributed by atoms with E-state index in [-0.39, 0.29) is 35.8 Å². The molecule has 0 heterocycles. The first-order valence-electron chi connectivity index (χ1n) is 9.40. The van der Waals surface area contributed by atoms with Crippen molar-refractivity contribution in [3.8, 4) is 0 Å². The minimum absolute atomic E-state index is 0.00197. The summed E-state index contributed by atoms with van der Waals surface area (Å²) in [6.45, 7) is 7.47. The number of ether oxygens (including phenoxy) is 1. The number of rotatable bonds is 9. The highest BCUT2D eigenvalue weighted by Crippen LogP contribution is 2.46. The van der Waals surface area contributed by atoms with Crippen LogP contribution in [0.3, 0.4) is 0 Å². The Bertz CT molecular complexity index is 700. The van der Waals surface area contributed by atoms with Gasteiger partial charge in [0.2, 0.25) is 6.08 Å². The summed E-state index contributed by atoms with van der Waals surface area (Å²) in [6, 6.07) is -0.0786. The van der Waals surface area contributed by atoms with Crippen molar-refractivity contribution < 1.29 is 31.8 Å². The van der Waals surface area contributed by atoms with Crippen molar-refractivity contribution in [2.24, 2.45) is 15.8 Å². The lowest BCUT2D eigenvalue weighted by Gasteiger charge is -2.45. The molecule has 2 atom stereocenters. The standard InChI is InChI=1S/C18H33N3O6S/c1-17(2)10-15(11-18(3,12-17)13-19-14-22)20-16(23)27-8-6-21(4,5)7-9-28(24,25)26/h15H,6-13H2,1-5H3,(H-,20,23,24,25,26)/p+1. The van der Waals surface area contributed by atoms with Crippen LogP contribution in [0, 0.1) is 10.8 Å². The molecule has 1 fully saturated rings. The molecule has 162 valence electrons. The third kappa shape index (κ3) is 9.64. The average Bonchev–Trinajstić information content (AvgIpc) is 2.48. The largest absolute Gasteiger partial charge is 0.444 e. The maximum atomic E-state index is 12.2. The number of carbonyl (C=O) groups excluding carboxylic acids is 2. The minimum atomic E-state index is -4.01. The fraction of sp³-hybridized carbons (Fsp3) is 0.889. The van der Waals surface area contributed by atoms with E-state index in [1.807, 2.05) is 0 Å². The molecule has 0 aromatic rings. The van der Waals surface area contributed by atoms with Gasteiger partial charge in [0.15, 0.2) is 0 Å². The van der Waals surface area contributed by atoms with E-state index in [2.05, 4.69) is 31.1 Å². The molecule has 10 heteroatoms. The number of amides is 1. The summed E-state index contributed by atoms with van der Waals surface area (Å²) >= 11 is 0. The number of nitrogens with one attached hydrogen (secondary N) is 1. The third-order valence-electron chi connectivity index (χ3n) is 5.18. The van der Waals surface area contributed by atoms with Crippen molar-refractivity contribution >= 4 is 22.3 Å². The van der Waals surface area contributed by atoms with Crippen molar-refractivity contribution in [2.45, 2.75) is 46.1 Å². The molecule has 1 aliphatic carbocycles. The predicted octanol–water partition coefficient (Wildman–Crippen LogP) is 1.60. The Morgan fingerprint density at radius 3 is 2.50 bits per heavy atom. The van der Waals surface area contributed by atoms with E-state index in [1.54, 1.807) is 20.2 Å². The number of carbonyl (C=O) groups is 1. The summed E-state index contributed by atoms with van der Waals surface area (Å²) in [5, 5.41) is 2.90. The molecule has 0 spiro atoms. The van der Waals surface area contributed by atoms with Crippen LogP contribution in [0.25, 0.3) is 0 Å². The summed E-state index contributed by atoms with van der Waals surface area (Å²) in [5.74, 6) is -0.342. The number of aliphatic imine (C=N–C) groups is 1. The smallest absolute Gasteiger partial charge is 0.407 e. The highest BCUT2D eigenvalue weighted by Gasteiger charge is 2.41. The minimum Gasteiger partial charge on any atom is -0.444 e. The Labute approximate surface area is 167 Å². The van der Waals surface area contributed by atoms with Crippen molar-refractivity contribution in [1.29, 1.82) is 0 Å². The van der Waals surface area contributed by atoms with Crippen molar-refractivity contribution in [2.75, 3.05) is 46.1 Å². The molecule has 1 rings (SSSR count). The Morgan fingerprint density at radius 2 is 1.93 bits per heavy atom. The van der Waals surface area contributed by atoms with E-state index in [0.29, 0.717) is 24.0 Å². The Hall–Kier alpha value is -1.48. The van der Waals surface area contributed by atoms with Gasteiger partial charge in [0.05, 0.1) is 27.2 Å². The molecule has 0 aromatic carbocycles. The van der Waals surface area contributed by atoms with Gasteiger partial charge in [-0.3, -0.25) is 4.55 Å². The highest BCUT2D eigenvalue weighted by atomic mass is 32.2. The van der Waals surface area contributed by atoms with Gasteiger partial charge >= 0.3 is 6.09 Å². The van der Waals surface area contributed by atoms with Crippen LogP contribution in [0.15, 0.2) is 4.99 Å². The lowest BCUT2D eigenvalue weighted by Crippen LogP contribution is -2.49. The Morgan fingerprint density at radius 1 is 1.29 bits per heavy atom. The van der Waals surface area contributed by atoms with Crippen LogP contribution in [0.2, 0.25) is 0 Å². The lowest BCUT2D eigenvalue weighted by atomic mass is 9.62. The summed E-state index contributed by atoms with van der Waals surface area (Å²) in [5.41, 5.74) is -0.191. The van der Waals surface area contributed by atoms with E-state index in [0.717, 1.165) is 12.8 Å². The summed E-state index contributed by atoms with van der Waals surface area (Å²) in [7, 11) is -0.413. The number of quaternary nitrogens is 1. The molecule has 1 amide bonds. The summed E-state index contributed by atoms with van der Waals surface area (Å²) in [4.78, 5) is 26.4. The predicted molar refractivity (Wildman–Crippen MR) is 105 cm³/mol. The summed E-state index contributed by atoms with van der Waals surface area (Å²) in [6.07, 6.45) is 3.48. The zero-order valence-corrected chi connectivity index (χ0v) is 18.3. The highest BCUT2D eigenvalue weighted by molar-refractivity contribution is 7.85. The number of alkyl carbamates (subject to hydrolysis) is 1. The molecule has 2 unspecified atom stereocenters. The quantitative estimate of drug-likeness (QED) is 0.253. The normalized spacial score (nSPS) is 24.9. The molecule has 0 saturated heterocycles. The van der Waals surface area contributed by atoms with Crippen LogP contribution in [0.5, 0.6) is 0 Å².